The standard InChI is InChI=1S/C34H25N3.C20H16N2/c1-4-15-26(16-5-1)35-34-31-23-13-12-22-30(31)33(37(34)28-19-8-3-9-20-28)32-29-21-11-10-14-25(29)24-36(32)27-17-6-2-7-18-27;1-3-10-17(11-4-1)21-20-19-14-8-7-9-16(19)15-22(20)18-12-5-2-6-13-18/h1-23H,24H2;1-14H,15H2/b33-32-,35-34?;. The lowest BCUT2D eigenvalue weighted by Gasteiger charge is -2.28. The quantitative estimate of drug-likeness (QED) is 0.175. The molecule has 0 unspecified atom stereocenters. The van der Waals surface area contributed by atoms with Gasteiger partial charge in [-0.15, -0.1) is 0 Å². The van der Waals surface area contributed by atoms with Crippen LogP contribution in [0, 0.1) is 0 Å². The third kappa shape index (κ3) is 7.00. The Morgan fingerprint density at radius 2 is 0.678 bits per heavy atom. The van der Waals surface area contributed by atoms with Crippen LogP contribution < -0.4 is 14.7 Å². The molecule has 3 aliphatic heterocycles. The fraction of sp³-hybridized carbons (Fsp3) is 0.0370. The zero-order valence-corrected chi connectivity index (χ0v) is 32.5. The number of hydrogen-bond donors (Lipinski definition) is 0. The molecule has 0 spiro atoms. The highest BCUT2D eigenvalue weighted by Gasteiger charge is 2.38. The van der Waals surface area contributed by atoms with Gasteiger partial charge in [0, 0.05) is 45.9 Å². The van der Waals surface area contributed by atoms with E-state index in [-0.39, 0.29) is 0 Å². The van der Waals surface area contributed by atoms with Crippen molar-refractivity contribution >= 4 is 51.5 Å². The van der Waals surface area contributed by atoms with E-state index in [1.807, 2.05) is 54.6 Å². The van der Waals surface area contributed by atoms with Crippen molar-refractivity contribution < 1.29 is 0 Å². The molecule has 59 heavy (non-hydrogen) atoms. The number of amidine groups is 2. The topological polar surface area (TPSA) is 34.4 Å². The Bertz CT molecular complexity index is 2820. The molecule has 3 aliphatic rings. The molecular formula is C54H41N5. The average molecular weight is 760 g/mol. The summed E-state index contributed by atoms with van der Waals surface area (Å²) >= 11 is 0. The van der Waals surface area contributed by atoms with Gasteiger partial charge in [-0.25, -0.2) is 9.98 Å². The van der Waals surface area contributed by atoms with Gasteiger partial charge in [-0.3, -0.25) is 4.90 Å². The van der Waals surface area contributed by atoms with Crippen LogP contribution in [0.2, 0.25) is 0 Å². The number of nitrogens with zero attached hydrogens (tertiary/aromatic N) is 5. The van der Waals surface area contributed by atoms with Crippen LogP contribution in [-0.4, -0.2) is 11.7 Å². The predicted octanol–water partition coefficient (Wildman–Crippen LogP) is 12.9. The van der Waals surface area contributed by atoms with E-state index in [0.717, 1.165) is 53.1 Å². The molecule has 0 saturated carbocycles. The second kappa shape index (κ2) is 16.0. The van der Waals surface area contributed by atoms with Crippen molar-refractivity contribution in [2.24, 2.45) is 9.98 Å². The number of aliphatic imine (C=N–C) groups is 2. The summed E-state index contributed by atoms with van der Waals surface area (Å²) < 4.78 is 0. The number of fused-ring (bicyclic) bond motifs is 3. The SMILES string of the molecule is c1ccc(N=C2c3ccccc3/C(=C3\c4ccccc4CN3c3ccccc3)N2c2ccccc2)cc1.c1ccc(N=C2c3ccccc3CN2c2ccccc2)cc1. The van der Waals surface area contributed by atoms with E-state index in [0.29, 0.717) is 0 Å². The largest absolute Gasteiger partial charge is 0.335 e. The van der Waals surface area contributed by atoms with Gasteiger partial charge in [0.1, 0.15) is 11.7 Å². The molecule has 0 N–H and O–H groups in total. The van der Waals surface area contributed by atoms with Crippen LogP contribution in [0.1, 0.15) is 33.4 Å². The van der Waals surface area contributed by atoms with E-state index in [1.165, 1.54) is 44.9 Å². The highest BCUT2D eigenvalue weighted by molar-refractivity contribution is 6.29. The van der Waals surface area contributed by atoms with Gasteiger partial charge in [0.25, 0.3) is 0 Å². The zero-order valence-electron chi connectivity index (χ0n) is 32.5. The number of rotatable bonds is 5. The molecule has 0 aliphatic carbocycles. The molecule has 3 heterocycles. The van der Waals surface area contributed by atoms with Crippen LogP contribution in [0.3, 0.4) is 0 Å². The first-order valence-corrected chi connectivity index (χ1v) is 20.1. The maximum Gasteiger partial charge on any atom is 0.146 e. The van der Waals surface area contributed by atoms with Crippen molar-refractivity contribution in [3.8, 4) is 0 Å². The van der Waals surface area contributed by atoms with Gasteiger partial charge < -0.3 is 9.80 Å². The Labute approximate surface area is 345 Å². The first-order valence-electron chi connectivity index (χ1n) is 20.1. The lowest BCUT2D eigenvalue weighted by Crippen LogP contribution is -2.26. The monoisotopic (exact) mass is 759 g/mol. The van der Waals surface area contributed by atoms with Crippen LogP contribution in [0.4, 0.5) is 28.4 Å². The fourth-order valence-corrected chi connectivity index (χ4v) is 8.23. The summed E-state index contributed by atoms with van der Waals surface area (Å²) in [6.07, 6.45) is 0. The van der Waals surface area contributed by atoms with E-state index in [4.69, 9.17) is 9.98 Å². The molecule has 0 aromatic heterocycles. The number of hydrogen-bond acceptors (Lipinski definition) is 3. The lowest BCUT2D eigenvalue weighted by atomic mass is 10.0. The summed E-state index contributed by atoms with van der Waals surface area (Å²) in [6.45, 7) is 1.70. The summed E-state index contributed by atoms with van der Waals surface area (Å²) in [7, 11) is 0. The highest BCUT2D eigenvalue weighted by atomic mass is 15.3. The normalized spacial score (nSPS) is 16.4. The van der Waals surface area contributed by atoms with Crippen LogP contribution in [0.5, 0.6) is 0 Å². The van der Waals surface area contributed by atoms with Gasteiger partial charge >= 0.3 is 0 Å². The Balaban J connectivity index is 0.000000163. The second-order valence-electron chi connectivity index (χ2n) is 14.6. The van der Waals surface area contributed by atoms with Crippen molar-refractivity contribution in [3.05, 3.63) is 258 Å². The zero-order chi connectivity index (χ0) is 39.4. The van der Waals surface area contributed by atoms with E-state index in [9.17, 15) is 0 Å². The minimum atomic E-state index is 0.828. The van der Waals surface area contributed by atoms with Crippen molar-refractivity contribution in [2.75, 3.05) is 14.7 Å². The fourth-order valence-electron chi connectivity index (χ4n) is 8.23. The summed E-state index contributed by atoms with van der Waals surface area (Å²) in [5, 5.41) is 0. The smallest absolute Gasteiger partial charge is 0.146 e. The Morgan fingerprint density at radius 1 is 0.288 bits per heavy atom. The van der Waals surface area contributed by atoms with Gasteiger partial charge in [-0.2, -0.15) is 0 Å². The molecule has 11 rings (SSSR count). The van der Waals surface area contributed by atoms with Crippen molar-refractivity contribution in [1.82, 2.24) is 0 Å². The predicted molar refractivity (Wildman–Crippen MR) is 246 cm³/mol. The van der Waals surface area contributed by atoms with Gasteiger partial charge in [-0.05, 0) is 71.8 Å². The second-order valence-corrected chi connectivity index (χ2v) is 14.6. The molecule has 8 aromatic carbocycles. The Kier molecular flexibility index (Phi) is 9.67. The molecule has 0 saturated heterocycles. The van der Waals surface area contributed by atoms with Crippen LogP contribution in [0.25, 0.3) is 11.4 Å². The molecule has 5 nitrogen and oxygen atoms in total. The molecule has 0 atom stereocenters. The summed E-state index contributed by atoms with van der Waals surface area (Å²) in [5.41, 5.74) is 15.2. The number of anilines is 3. The van der Waals surface area contributed by atoms with E-state index in [1.54, 1.807) is 0 Å². The van der Waals surface area contributed by atoms with Crippen molar-refractivity contribution in [1.29, 1.82) is 0 Å². The van der Waals surface area contributed by atoms with Crippen LogP contribution in [-0.2, 0) is 13.1 Å². The molecule has 8 aromatic rings. The Morgan fingerprint density at radius 3 is 1.25 bits per heavy atom. The third-order valence-electron chi connectivity index (χ3n) is 10.9. The molecule has 0 amide bonds. The molecular weight excluding hydrogens is 719 g/mol. The van der Waals surface area contributed by atoms with Crippen LogP contribution in [0.15, 0.2) is 234 Å². The summed E-state index contributed by atoms with van der Waals surface area (Å²) in [4.78, 5) is 17.2. The maximum atomic E-state index is 5.22. The third-order valence-corrected chi connectivity index (χ3v) is 10.9. The number of para-hydroxylation sites is 5. The van der Waals surface area contributed by atoms with Gasteiger partial charge in [0.2, 0.25) is 0 Å². The van der Waals surface area contributed by atoms with Crippen LogP contribution >= 0.6 is 0 Å². The lowest BCUT2D eigenvalue weighted by molar-refractivity contribution is 1.04. The minimum Gasteiger partial charge on any atom is -0.335 e. The van der Waals surface area contributed by atoms with E-state index in [2.05, 4.69) is 185 Å². The molecule has 0 fully saturated rings. The first kappa shape index (κ1) is 35.6. The summed E-state index contributed by atoms with van der Waals surface area (Å²) in [5.74, 6) is 1.96. The molecule has 0 bridgehead atoms. The average Bonchev–Trinajstić information content (AvgIpc) is 3.98. The number of benzene rings is 8. The highest BCUT2D eigenvalue weighted by Crippen LogP contribution is 2.47. The molecule has 282 valence electrons. The van der Waals surface area contributed by atoms with E-state index < -0.39 is 0 Å². The molecule has 5 heteroatoms. The van der Waals surface area contributed by atoms with Crippen molar-refractivity contribution in [3.63, 3.8) is 0 Å². The van der Waals surface area contributed by atoms with Gasteiger partial charge in [0.05, 0.1) is 29.3 Å². The summed E-state index contributed by atoms with van der Waals surface area (Å²) in [6, 6.07) is 78.0. The van der Waals surface area contributed by atoms with E-state index >= 15 is 0 Å². The van der Waals surface area contributed by atoms with Gasteiger partial charge in [-0.1, -0.05) is 164 Å². The first-order chi connectivity index (χ1) is 29.3. The van der Waals surface area contributed by atoms with Gasteiger partial charge in [0.15, 0.2) is 0 Å². The Hall–Kier alpha value is -7.76. The maximum absolute atomic E-state index is 5.22. The molecule has 0 radical (unpaired) electrons. The minimum absolute atomic E-state index is 0.828. The van der Waals surface area contributed by atoms with Crippen molar-refractivity contribution in [2.45, 2.75) is 13.1 Å².